The van der Waals surface area contributed by atoms with E-state index in [-0.39, 0.29) is 29.8 Å². The molecule has 0 radical (unpaired) electrons. The summed E-state index contributed by atoms with van der Waals surface area (Å²) in [5.41, 5.74) is 3.30. The number of hydrogen-bond donors (Lipinski definition) is 2. The van der Waals surface area contributed by atoms with Gasteiger partial charge < -0.3 is 20.3 Å². The molecule has 2 aliphatic heterocycles. The molecule has 8 nitrogen and oxygen atoms in total. The van der Waals surface area contributed by atoms with Crippen LogP contribution >= 0.6 is 0 Å². The lowest BCUT2D eigenvalue weighted by atomic mass is 9.82. The predicted octanol–water partition coefficient (Wildman–Crippen LogP) is 3.00. The molecule has 8 heteroatoms. The van der Waals surface area contributed by atoms with Gasteiger partial charge in [0.15, 0.2) is 0 Å². The van der Waals surface area contributed by atoms with E-state index in [1.165, 1.54) is 0 Å². The number of hydrogen-bond acceptors (Lipinski definition) is 6. The number of amides is 2. The first-order valence-corrected chi connectivity index (χ1v) is 12.1. The van der Waals surface area contributed by atoms with Crippen molar-refractivity contribution in [1.82, 2.24) is 15.2 Å². The minimum atomic E-state index is -0.107. The van der Waals surface area contributed by atoms with Crippen LogP contribution in [0.2, 0.25) is 0 Å². The summed E-state index contributed by atoms with van der Waals surface area (Å²) >= 11 is 0. The van der Waals surface area contributed by atoms with Crippen molar-refractivity contribution in [3.8, 4) is 0 Å². The highest BCUT2D eigenvalue weighted by Gasteiger charge is 2.38. The van der Waals surface area contributed by atoms with Gasteiger partial charge in [0.1, 0.15) is 5.82 Å². The minimum absolute atomic E-state index is 0.000471. The molecular formula is C26H35N5O3. The van der Waals surface area contributed by atoms with Gasteiger partial charge in [-0.1, -0.05) is 13.0 Å². The van der Waals surface area contributed by atoms with E-state index < -0.39 is 0 Å². The van der Waals surface area contributed by atoms with Crippen LogP contribution in [-0.2, 0) is 9.53 Å². The van der Waals surface area contributed by atoms with Crippen LogP contribution in [0.5, 0.6) is 0 Å². The maximum absolute atomic E-state index is 13.0. The van der Waals surface area contributed by atoms with Crippen molar-refractivity contribution in [1.29, 1.82) is 0 Å². The monoisotopic (exact) mass is 465 g/mol. The Morgan fingerprint density at radius 3 is 2.62 bits per heavy atom. The summed E-state index contributed by atoms with van der Waals surface area (Å²) in [5.74, 6) is 0.782. The number of nitrogens with one attached hydrogen (secondary N) is 2. The van der Waals surface area contributed by atoms with Gasteiger partial charge in [-0.05, 0) is 49.7 Å². The molecular weight excluding hydrogens is 430 g/mol. The Morgan fingerprint density at radius 1 is 1.15 bits per heavy atom. The number of fused-ring (bicyclic) bond motifs is 1. The van der Waals surface area contributed by atoms with E-state index in [2.05, 4.69) is 34.4 Å². The molecule has 3 heterocycles. The molecule has 2 N–H and O–H groups in total. The quantitative estimate of drug-likeness (QED) is 0.682. The van der Waals surface area contributed by atoms with E-state index in [0.717, 1.165) is 55.6 Å². The van der Waals surface area contributed by atoms with Crippen molar-refractivity contribution in [2.75, 3.05) is 49.6 Å². The SMILES string of the molecule is CC(=O)N1c2ccc(C(=O)NCCN3CCOCC3)cc2[C@H](Nc2cccc(C)n2)[C@@H](C)[C@@H]1C. The van der Waals surface area contributed by atoms with Gasteiger partial charge in [-0.25, -0.2) is 4.98 Å². The van der Waals surface area contributed by atoms with Crippen molar-refractivity contribution in [2.45, 2.75) is 39.8 Å². The van der Waals surface area contributed by atoms with Crippen LogP contribution in [0, 0.1) is 12.8 Å². The fourth-order valence-electron chi connectivity index (χ4n) is 4.88. The van der Waals surface area contributed by atoms with Crippen LogP contribution in [0.25, 0.3) is 0 Å². The molecule has 0 spiro atoms. The number of carbonyl (C=O) groups excluding carboxylic acids is 2. The van der Waals surface area contributed by atoms with Gasteiger partial charge >= 0.3 is 0 Å². The van der Waals surface area contributed by atoms with Gasteiger partial charge in [-0.3, -0.25) is 14.5 Å². The average Bonchev–Trinajstić information content (AvgIpc) is 2.82. The maximum Gasteiger partial charge on any atom is 0.251 e. The van der Waals surface area contributed by atoms with Crippen LogP contribution in [0.4, 0.5) is 11.5 Å². The Kier molecular flexibility index (Phi) is 7.48. The Morgan fingerprint density at radius 2 is 1.91 bits per heavy atom. The van der Waals surface area contributed by atoms with E-state index in [0.29, 0.717) is 12.1 Å². The Labute approximate surface area is 201 Å². The van der Waals surface area contributed by atoms with Gasteiger partial charge in [0.25, 0.3) is 5.91 Å². The highest BCUT2D eigenvalue weighted by Crippen LogP contribution is 2.42. The van der Waals surface area contributed by atoms with Crippen molar-refractivity contribution in [2.24, 2.45) is 5.92 Å². The molecule has 4 rings (SSSR count). The molecule has 3 atom stereocenters. The predicted molar refractivity (Wildman–Crippen MR) is 133 cm³/mol. The molecule has 1 fully saturated rings. The number of anilines is 2. The summed E-state index contributed by atoms with van der Waals surface area (Å²) in [7, 11) is 0. The molecule has 182 valence electrons. The minimum Gasteiger partial charge on any atom is -0.379 e. The molecule has 2 amide bonds. The normalized spacial score (nSPS) is 22.7. The number of rotatable bonds is 6. The third-order valence-corrected chi connectivity index (χ3v) is 6.93. The molecule has 34 heavy (non-hydrogen) atoms. The Hall–Kier alpha value is -2.97. The van der Waals surface area contributed by atoms with Gasteiger partial charge in [0.05, 0.1) is 19.3 Å². The molecule has 0 unspecified atom stereocenters. The first-order chi connectivity index (χ1) is 16.3. The summed E-state index contributed by atoms with van der Waals surface area (Å²) in [5, 5.41) is 6.61. The number of aryl methyl sites for hydroxylation is 1. The second-order valence-corrected chi connectivity index (χ2v) is 9.26. The average molecular weight is 466 g/mol. The zero-order valence-corrected chi connectivity index (χ0v) is 20.5. The molecule has 2 aromatic rings. The lowest BCUT2D eigenvalue weighted by molar-refractivity contribution is -0.117. The standard InChI is InChI=1S/C26H35N5O3/c1-17-6-5-7-24(28-17)29-25-18(2)19(3)31(20(4)32)23-9-8-21(16-22(23)25)26(33)27-10-11-30-12-14-34-15-13-30/h5-9,16,18-19,25H,10-15H2,1-4H3,(H,27,33)(H,28,29)/t18-,19-,25+/m0/s1. The summed E-state index contributed by atoms with van der Waals surface area (Å²) in [6.07, 6.45) is 0. The number of morpholine rings is 1. The Balaban J connectivity index is 1.58. The zero-order chi connectivity index (χ0) is 24.2. The molecule has 1 saturated heterocycles. The maximum atomic E-state index is 13.0. The molecule has 0 bridgehead atoms. The van der Waals surface area contributed by atoms with Gasteiger partial charge in [-0.2, -0.15) is 0 Å². The van der Waals surface area contributed by atoms with E-state index in [1.807, 2.05) is 48.2 Å². The third-order valence-electron chi connectivity index (χ3n) is 6.93. The summed E-state index contributed by atoms with van der Waals surface area (Å²) in [4.78, 5) is 34.3. The van der Waals surface area contributed by atoms with Crippen molar-refractivity contribution in [3.63, 3.8) is 0 Å². The first-order valence-electron chi connectivity index (χ1n) is 12.1. The van der Waals surface area contributed by atoms with E-state index in [9.17, 15) is 9.59 Å². The van der Waals surface area contributed by atoms with Crippen LogP contribution in [0.15, 0.2) is 36.4 Å². The van der Waals surface area contributed by atoms with Crippen LogP contribution in [0.1, 0.15) is 48.4 Å². The molecule has 0 aliphatic carbocycles. The summed E-state index contributed by atoms with van der Waals surface area (Å²) < 4.78 is 5.38. The number of nitrogens with zero attached hydrogens (tertiary/aromatic N) is 3. The molecule has 1 aromatic carbocycles. The molecule has 2 aliphatic rings. The smallest absolute Gasteiger partial charge is 0.251 e. The van der Waals surface area contributed by atoms with Crippen LogP contribution in [0.3, 0.4) is 0 Å². The van der Waals surface area contributed by atoms with Crippen molar-refractivity contribution in [3.05, 3.63) is 53.2 Å². The number of pyridine rings is 1. The zero-order valence-electron chi connectivity index (χ0n) is 20.5. The van der Waals surface area contributed by atoms with E-state index >= 15 is 0 Å². The first kappa shape index (κ1) is 24.2. The van der Waals surface area contributed by atoms with Crippen molar-refractivity contribution < 1.29 is 14.3 Å². The topological polar surface area (TPSA) is 86.8 Å². The number of benzene rings is 1. The molecule has 0 saturated carbocycles. The highest BCUT2D eigenvalue weighted by molar-refractivity contribution is 5.98. The molecule has 1 aromatic heterocycles. The summed E-state index contributed by atoms with van der Waals surface area (Å²) in [6, 6.07) is 11.4. The van der Waals surface area contributed by atoms with E-state index in [1.54, 1.807) is 6.92 Å². The van der Waals surface area contributed by atoms with Gasteiger partial charge in [0, 0.05) is 62.0 Å². The fourth-order valence-corrected chi connectivity index (χ4v) is 4.88. The summed E-state index contributed by atoms with van der Waals surface area (Å²) in [6.45, 7) is 12.4. The third kappa shape index (κ3) is 5.23. The lowest BCUT2D eigenvalue weighted by Gasteiger charge is -2.44. The van der Waals surface area contributed by atoms with Crippen molar-refractivity contribution >= 4 is 23.3 Å². The Bertz CT molecular complexity index is 1040. The lowest BCUT2D eigenvalue weighted by Crippen LogP contribution is -2.48. The number of aromatic nitrogens is 1. The van der Waals surface area contributed by atoms with E-state index in [4.69, 9.17) is 4.74 Å². The second kappa shape index (κ2) is 10.5. The van der Waals surface area contributed by atoms with Gasteiger partial charge in [0.2, 0.25) is 5.91 Å². The van der Waals surface area contributed by atoms with Crippen LogP contribution < -0.4 is 15.5 Å². The van der Waals surface area contributed by atoms with Crippen LogP contribution in [-0.4, -0.2) is 67.1 Å². The number of carbonyl (C=O) groups is 2. The fraction of sp³-hybridized carbons (Fsp3) is 0.500. The number of ether oxygens (including phenoxy) is 1. The van der Waals surface area contributed by atoms with Gasteiger partial charge in [-0.15, -0.1) is 0 Å². The second-order valence-electron chi connectivity index (χ2n) is 9.26. The highest BCUT2D eigenvalue weighted by atomic mass is 16.5. The largest absolute Gasteiger partial charge is 0.379 e.